The molecule has 4 aromatic rings. The van der Waals surface area contributed by atoms with E-state index in [2.05, 4.69) is 20.2 Å². The summed E-state index contributed by atoms with van der Waals surface area (Å²) in [6.45, 7) is 2.45. The molecule has 0 saturated carbocycles. The van der Waals surface area contributed by atoms with E-state index in [4.69, 9.17) is 20.2 Å². The first-order chi connectivity index (χ1) is 21.2. The Balaban J connectivity index is 1.31. The van der Waals surface area contributed by atoms with Crippen molar-refractivity contribution >= 4 is 43.4 Å². The third kappa shape index (κ3) is 4.28. The van der Waals surface area contributed by atoms with Gasteiger partial charge < -0.3 is 25.4 Å². The zero-order valence-electron chi connectivity index (χ0n) is 24.0. The highest BCUT2D eigenvalue weighted by atomic mass is 32.1. The molecule has 44 heavy (non-hydrogen) atoms. The van der Waals surface area contributed by atoms with Gasteiger partial charge in [0.2, 0.25) is 0 Å². The van der Waals surface area contributed by atoms with E-state index < -0.39 is 34.7 Å². The van der Waals surface area contributed by atoms with Gasteiger partial charge in [-0.2, -0.15) is 9.97 Å². The van der Waals surface area contributed by atoms with Crippen molar-refractivity contribution in [2.75, 3.05) is 50.5 Å². The number of benzene rings is 2. The SMILES string of the molecule is COc1c(F)c(-c2ccc(F)c3sc(N)nc23)c(F)c2nc(OC[C@@]34CCCN3C[C@H](F)C4)nc(N3CC4CCC(C3)N4)c12. The maximum atomic E-state index is 16.8. The first-order valence-corrected chi connectivity index (χ1v) is 15.7. The highest BCUT2D eigenvalue weighted by molar-refractivity contribution is 7.22. The van der Waals surface area contributed by atoms with E-state index in [0.717, 1.165) is 49.6 Å². The van der Waals surface area contributed by atoms with Crippen molar-refractivity contribution in [1.29, 1.82) is 0 Å². The van der Waals surface area contributed by atoms with Crippen LogP contribution in [-0.2, 0) is 0 Å². The number of ether oxygens (including phenoxy) is 2. The van der Waals surface area contributed by atoms with E-state index in [1.807, 2.05) is 4.90 Å². The fourth-order valence-corrected chi connectivity index (χ4v) is 8.53. The van der Waals surface area contributed by atoms with Gasteiger partial charge in [-0.25, -0.2) is 22.5 Å². The van der Waals surface area contributed by atoms with Crippen LogP contribution >= 0.6 is 11.3 Å². The molecular formula is C30H31F4N7O2S. The van der Waals surface area contributed by atoms with Gasteiger partial charge in [0, 0.05) is 43.7 Å². The molecule has 2 aromatic heterocycles. The molecular weight excluding hydrogens is 598 g/mol. The molecule has 0 aliphatic carbocycles. The number of nitrogens with two attached hydrogens (primary N) is 1. The summed E-state index contributed by atoms with van der Waals surface area (Å²) < 4.78 is 74.2. The number of alkyl halides is 1. The van der Waals surface area contributed by atoms with Gasteiger partial charge in [-0.3, -0.25) is 4.90 Å². The van der Waals surface area contributed by atoms with Crippen LogP contribution in [0.3, 0.4) is 0 Å². The van der Waals surface area contributed by atoms with Crippen LogP contribution in [0.1, 0.15) is 32.1 Å². The van der Waals surface area contributed by atoms with E-state index in [1.165, 1.54) is 13.2 Å². The van der Waals surface area contributed by atoms with Crippen molar-refractivity contribution in [3.8, 4) is 22.9 Å². The Morgan fingerprint density at radius 1 is 1.07 bits per heavy atom. The first kappa shape index (κ1) is 28.0. The van der Waals surface area contributed by atoms with E-state index in [0.29, 0.717) is 31.9 Å². The predicted molar refractivity (Wildman–Crippen MR) is 160 cm³/mol. The number of aromatic nitrogens is 3. The molecule has 0 spiro atoms. The number of fused-ring (bicyclic) bond motifs is 5. The molecule has 0 radical (unpaired) electrons. The number of nitrogens with zero attached hydrogens (tertiary/aromatic N) is 5. The van der Waals surface area contributed by atoms with E-state index >= 15 is 8.78 Å². The van der Waals surface area contributed by atoms with Crippen LogP contribution in [0.15, 0.2) is 12.1 Å². The van der Waals surface area contributed by atoms with Crippen LogP contribution in [0.5, 0.6) is 11.8 Å². The van der Waals surface area contributed by atoms with Gasteiger partial charge >= 0.3 is 6.01 Å². The summed E-state index contributed by atoms with van der Waals surface area (Å²) in [5.41, 5.74) is 4.80. The summed E-state index contributed by atoms with van der Waals surface area (Å²) in [4.78, 5) is 17.5. The lowest BCUT2D eigenvalue weighted by molar-refractivity contribution is 0.107. The van der Waals surface area contributed by atoms with E-state index in [9.17, 15) is 8.78 Å². The van der Waals surface area contributed by atoms with Crippen LogP contribution in [0, 0.1) is 17.5 Å². The monoisotopic (exact) mass is 629 g/mol. The van der Waals surface area contributed by atoms with Gasteiger partial charge in [-0.1, -0.05) is 11.3 Å². The van der Waals surface area contributed by atoms with Crippen molar-refractivity contribution in [2.24, 2.45) is 0 Å². The smallest absolute Gasteiger partial charge is 0.319 e. The number of rotatable bonds is 6. The van der Waals surface area contributed by atoms with Gasteiger partial charge in [-0.05, 0) is 44.4 Å². The number of hydrogen-bond acceptors (Lipinski definition) is 10. The molecule has 2 unspecified atom stereocenters. The summed E-state index contributed by atoms with van der Waals surface area (Å²) in [7, 11) is 1.30. The largest absolute Gasteiger partial charge is 0.493 e. The molecule has 14 heteroatoms. The lowest BCUT2D eigenvalue weighted by Crippen LogP contribution is -2.51. The van der Waals surface area contributed by atoms with Crippen LogP contribution < -0.4 is 25.4 Å². The Morgan fingerprint density at radius 3 is 2.64 bits per heavy atom. The molecule has 2 aromatic carbocycles. The normalized spacial score (nSPS) is 26.7. The zero-order valence-corrected chi connectivity index (χ0v) is 24.8. The molecule has 9 nitrogen and oxygen atoms in total. The molecule has 8 rings (SSSR count). The quantitative estimate of drug-likeness (QED) is 0.291. The highest BCUT2D eigenvalue weighted by Crippen LogP contribution is 2.46. The minimum absolute atomic E-state index is 0.0211. The average molecular weight is 630 g/mol. The maximum Gasteiger partial charge on any atom is 0.319 e. The van der Waals surface area contributed by atoms with Crippen LogP contribution in [0.2, 0.25) is 0 Å². The molecule has 232 valence electrons. The lowest BCUT2D eigenvalue weighted by Gasteiger charge is -2.35. The maximum absolute atomic E-state index is 16.8. The summed E-state index contributed by atoms with van der Waals surface area (Å²) in [5, 5.41) is 3.72. The van der Waals surface area contributed by atoms with Crippen molar-refractivity contribution < 1.29 is 27.0 Å². The zero-order chi connectivity index (χ0) is 30.3. The molecule has 4 aliphatic rings. The van der Waals surface area contributed by atoms with Crippen molar-refractivity contribution in [1.82, 2.24) is 25.2 Å². The van der Waals surface area contributed by atoms with Crippen LogP contribution in [0.4, 0.5) is 28.5 Å². The molecule has 4 atom stereocenters. The van der Waals surface area contributed by atoms with Gasteiger partial charge in [0.15, 0.2) is 22.5 Å². The Kier molecular flexibility index (Phi) is 6.54. The Morgan fingerprint density at radius 2 is 1.86 bits per heavy atom. The lowest BCUT2D eigenvalue weighted by atomic mass is 9.95. The number of nitrogens with one attached hydrogen (secondary N) is 1. The second kappa shape index (κ2) is 10.3. The number of methoxy groups -OCH3 is 1. The third-order valence-electron chi connectivity index (χ3n) is 9.68. The average Bonchev–Trinajstić information content (AvgIpc) is 3.75. The molecule has 3 N–H and O–H groups in total. The van der Waals surface area contributed by atoms with E-state index in [-0.39, 0.29) is 62.3 Å². The molecule has 6 heterocycles. The standard InChI is InChI=1S/C30H31F4N7O2S/c1-42-25-20-24(21(33)19(22(25)34)17-5-6-18(32)26-23(17)37-28(35)44-26)38-29(39-27(20)40-11-15-3-4-16(12-40)36-15)43-13-30-7-2-8-41(30)10-14(31)9-30/h5-6,14-16,36H,2-4,7-13H2,1H3,(H2,35,37)/t14-,15?,16?,30+/m1/s1. The number of halogens is 4. The number of anilines is 2. The van der Waals surface area contributed by atoms with Gasteiger partial charge in [-0.15, -0.1) is 0 Å². The summed E-state index contributed by atoms with van der Waals surface area (Å²) in [6.07, 6.45) is 3.09. The summed E-state index contributed by atoms with van der Waals surface area (Å²) in [6, 6.07) is 2.74. The number of nitrogen functional groups attached to an aromatic ring is 1. The van der Waals surface area contributed by atoms with Crippen LogP contribution in [-0.4, -0.2) is 83.5 Å². The number of piperazine rings is 1. The molecule has 4 fully saturated rings. The van der Waals surface area contributed by atoms with Gasteiger partial charge in [0.05, 0.1) is 33.8 Å². The number of hydrogen-bond donors (Lipinski definition) is 2. The second-order valence-corrected chi connectivity index (χ2v) is 13.4. The van der Waals surface area contributed by atoms with Crippen molar-refractivity contribution in [2.45, 2.75) is 55.9 Å². The third-order valence-corrected chi connectivity index (χ3v) is 10.6. The summed E-state index contributed by atoms with van der Waals surface area (Å²) in [5.74, 6) is -2.48. The second-order valence-electron chi connectivity index (χ2n) is 12.3. The van der Waals surface area contributed by atoms with Gasteiger partial charge in [0.1, 0.15) is 29.9 Å². The van der Waals surface area contributed by atoms with Crippen LogP contribution in [0.25, 0.3) is 32.2 Å². The molecule has 4 aliphatic heterocycles. The Labute approximate surface area is 254 Å². The Hall–Kier alpha value is -3.49. The number of thiazole rings is 1. The minimum Gasteiger partial charge on any atom is -0.493 e. The highest BCUT2D eigenvalue weighted by Gasteiger charge is 2.49. The molecule has 0 amide bonds. The fourth-order valence-electron chi connectivity index (χ4n) is 7.77. The van der Waals surface area contributed by atoms with Gasteiger partial charge in [0.25, 0.3) is 0 Å². The van der Waals surface area contributed by atoms with Crippen molar-refractivity contribution in [3.05, 3.63) is 29.6 Å². The summed E-state index contributed by atoms with van der Waals surface area (Å²) >= 11 is 0.895. The first-order valence-electron chi connectivity index (χ1n) is 14.9. The fraction of sp³-hybridized carbons (Fsp3) is 0.500. The minimum atomic E-state index is -0.978. The topological polar surface area (TPSA) is 102 Å². The molecule has 2 bridgehead atoms. The molecule has 4 saturated heterocycles. The Bertz CT molecular complexity index is 1800. The van der Waals surface area contributed by atoms with Crippen molar-refractivity contribution in [3.63, 3.8) is 0 Å². The predicted octanol–water partition coefficient (Wildman–Crippen LogP) is 4.81. The van der Waals surface area contributed by atoms with E-state index in [1.54, 1.807) is 0 Å².